The molecule has 0 radical (unpaired) electrons. The van der Waals surface area contributed by atoms with E-state index in [0.717, 1.165) is 51.9 Å². The number of ether oxygens (including phenoxy) is 1. The molecular weight excluding hydrogens is 502 g/mol. The van der Waals surface area contributed by atoms with Crippen LogP contribution in [0.25, 0.3) is 22.1 Å². The third-order valence-corrected chi connectivity index (χ3v) is 7.25. The van der Waals surface area contributed by atoms with Crippen LogP contribution in [0.4, 0.5) is 11.5 Å². The van der Waals surface area contributed by atoms with Crippen LogP contribution in [-0.4, -0.2) is 48.8 Å². The van der Waals surface area contributed by atoms with E-state index in [0.29, 0.717) is 42.2 Å². The van der Waals surface area contributed by atoms with E-state index in [1.54, 1.807) is 0 Å². The average molecular weight is 528 g/mol. The van der Waals surface area contributed by atoms with E-state index in [4.69, 9.17) is 16.3 Å². The molecule has 3 N–H and O–H groups in total. The van der Waals surface area contributed by atoms with Crippen LogP contribution >= 0.6 is 11.6 Å². The maximum atomic E-state index is 12.0. The number of nitrogens with zero attached hydrogens (tertiary/aromatic N) is 4. The Morgan fingerprint density at radius 1 is 1.16 bits per heavy atom. The van der Waals surface area contributed by atoms with Crippen molar-refractivity contribution in [3.63, 3.8) is 0 Å². The minimum absolute atomic E-state index is 0.0183. The third-order valence-electron chi connectivity index (χ3n) is 6.96. The van der Waals surface area contributed by atoms with Crippen molar-refractivity contribution in [1.82, 2.24) is 29.8 Å². The average Bonchev–Trinajstić information content (AvgIpc) is 3.60. The lowest BCUT2D eigenvalue weighted by Crippen LogP contribution is -2.36. The van der Waals surface area contributed by atoms with Crippen molar-refractivity contribution in [1.29, 1.82) is 0 Å². The Kier molecular flexibility index (Phi) is 6.43. The molecule has 0 atom stereocenters. The second-order valence-corrected chi connectivity index (χ2v) is 9.68. The summed E-state index contributed by atoms with van der Waals surface area (Å²) in [6, 6.07) is 11.5. The van der Waals surface area contributed by atoms with E-state index in [9.17, 15) is 4.79 Å². The molecule has 9 nitrogen and oxygen atoms in total. The number of hydrogen-bond acceptors (Lipinski definition) is 6. The molecule has 1 fully saturated rings. The summed E-state index contributed by atoms with van der Waals surface area (Å²) in [6.45, 7) is 5.30. The van der Waals surface area contributed by atoms with Gasteiger partial charge in [-0.25, -0.2) is 15.0 Å². The fourth-order valence-corrected chi connectivity index (χ4v) is 5.21. The lowest BCUT2D eigenvalue weighted by molar-refractivity contribution is -0.127. The summed E-state index contributed by atoms with van der Waals surface area (Å²) < 4.78 is 5.94. The first-order valence-electron chi connectivity index (χ1n) is 12.4. The number of benzene rings is 1. The smallest absolute Gasteiger partial charge is 0.245 e. The zero-order valence-corrected chi connectivity index (χ0v) is 21.3. The molecule has 0 unspecified atom stereocenters. The van der Waals surface area contributed by atoms with Gasteiger partial charge in [-0.3, -0.25) is 4.79 Å². The number of anilines is 2. The summed E-state index contributed by atoms with van der Waals surface area (Å²) in [5.74, 6) is 1.54. The van der Waals surface area contributed by atoms with Crippen molar-refractivity contribution in [3.8, 4) is 5.75 Å². The van der Waals surface area contributed by atoms with Crippen LogP contribution in [0.15, 0.2) is 67.8 Å². The zero-order valence-electron chi connectivity index (χ0n) is 20.6. The van der Waals surface area contributed by atoms with E-state index < -0.39 is 0 Å². The lowest BCUT2D eigenvalue weighted by Gasteiger charge is -2.31. The van der Waals surface area contributed by atoms with Gasteiger partial charge in [0, 0.05) is 36.6 Å². The molecule has 1 aliphatic rings. The van der Waals surface area contributed by atoms with E-state index in [1.165, 1.54) is 12.4 Å². The number of H-pyrrole nitrogens is 2. The number of piperidine rings is 1. The molecule has 6 rings (SSSR count). The highest BCUT2D eigenvalue weighted by Gasteiger charge is 2.26. The summed E-state index contributed by atoms with van der Waals surface area (Å²) in [4.78, 5) is 33.7. The molecular formula is C28H26ClN7O2. The molecule has 1 aromatic carbocycles. The Balaban J connectivity index is 1.18. The van der Waals surface area contributed by atoms with E-state index in [1.807, 2.05) is 53.7 Å². The number of halogens is 1. The van der Waals surface area contributed by atoms with Gasteiger partial charge in [0.1, 0.15) is 35.8 Å². The molecule has 5 heterocycles. The monoisotopic (exact) mass is 527 g/mol. The first-order chi connectivity index (χ1) is 18.6. The van der Waals surface area contributed by atoms with E-state index in [2.05, 4.69) is 36.8 Å². The fourth-order valence-electron chi connectivity index (χ4n) is 4.98. The number of carbonyl (C=O) groups is 1. The molecule has 0 aliphatic carbocycles. The molecule has 1 aliphatic heterocycles. The van der Waals surface area contributed by atoms with Gasteiger partial charge >= 0.3 is 0 Å². The minimum Gasteiger partial charge on any atom is -0.486 e. The number of nitrogens with one attached hydrogen (secondary N) is 3. The Morgan fingerprint density at radius 2 is 2.03 bits per heavy atom. The second-order valence-electron chi connectivity index (χ2n) is 9.27. The first kappa shape index (κ1) is 24.0. The molecule has 5 aromatic rings. The molecule has 0 saturated carbocycles. The van der Waals surface area contributed by atoms with Crippen molar-refractivity contribution < 1.29 is 9.53 Å². The van der Waals surface area contributed by atoms with Crippen LogP contribution < -0.4 is 10.1 Å². The second kappa shape index (κ2) is 10.2. The number of amides is 1. The van der Waals surface area contributed by atoms with Crippen molar-refractivity contribution >= 4 is 51.1 Å². The lowest BCUT2D eigenvalue weighted by atomic mass is 9.89. The van der Waals surface area contributed by atoms with Gasteiger partial charge in [0.25, 0.3) is 0 Å². The van der Waals surface area contributed by atoms with Crippen molar-refractivity contribution in [2.45, 2.75) is 25.4 Å². The summed E-state index contributed by atoms with van der Waals surface area (Å²) in [5, 5.41) is 5.89. The maximum absolute atomic E-state index is 12.0. The largest absolute Gasteiger partial charge is 0.486 e. The van der Waals surface area contributed by atoms with Gasteiger partial charge in [0.15, 0.2) is 0 Å². The molecule has 0 spiro atoms. The number of fused-ring (bicyclic) bond motifs is 2. The Bertz CT molecular complexity index is 1640. The number of hydrogen-bond donors (Lipinski definition) is 3. The van der Waals surface area contributed by atoms with Crippen LogP contribution in [0, 0.1) is 0 Å². The fraction of sp³-hybridized carbons (Fsp3) is 0.214. The number of rotatable bonds is 7. The minimum atomic E-state index is -0.0183. The molecule has 1 amide bonds. The summed E-state index contributed by atoms with van der Waals surface area (Å²) >= 11 is 6.57. The molecule has 38 heavy (non-hydrogen) atoms. The molecule has 4 aromatic heterocycles. The van der Waals surface area contributed by atoms with Gasteiger partial charge in [-0.15, -0.1) is 0 Å². The first-order valence-corrected chi connectivity index (χ1v) is 12.8. The highest BCUT2D eigenvalue weighted by molar-refractivity contribution is 6.32. The van der Waals surface area contributed by atoms with Gasteiger partial charge in [0.2, 0.25) is 5.91 Å². The maximum Gasteiger partial charge on any atom is 0.245 e. The molecule has 1 saturated heterocycles. The number of aromatic amines is 2. The van der Waals surface area contributed by atoms with Crippen LogP contribution in [0.2, 0.25) is 5.02 Å². The van der Waals surface area contributed by atoms with Crippen LogP contribution in [0.3, 0.4) is 0 Å². The molecule has 0 bridgehead atoms. The van der Waals surface area contributed by atoms with Gasteiger partial charge < -0.3 is 24.9 Å². The van der Waals surface area contributed by atoms with Crippen molar-refractivity contribution in [3.05, 3.63) is 84.1 Å². The standard InChI is InChI=1S/C28H26ClN7O2/c1-2-24(37)36-11-8-17(9-12-36)21-14-31-27-25(21)28(33-16-32-27)34-19-5-6-23(22(29)13-19)38-15-20-4-3-18-7-10-30-26(18)35-20/h2-7,10,13-14,16-17H,1,8-9,11-12,15H2,(H,30,35)(H2,31,32,33,34). The van der Waals surface area contributed by atoms with E-state index >= 15 is 0 Å². The van der Waals surface area contributed by atoms with Crippen LogP contribution in [-0.2, 0) is 11.4 Å². The summed E-state index contributed by atoms with van der Waals surface area (Å²) in [6.07, 6.45) is 8.51. The number of pyridine rings is 1. The predicted molar refractivity (Wildman–Crippen MR) is 148 cm³/mol. The number of carbonyl (C=O) groups excluding carboxylic acids is 1. The summed E-state index contributed by atoms with van der Waals surface area (Å²) in [5.41, 5.74) is 4.33. The Labute approximate surface area is 223 Å². The normalized spacial score (nSPS) is 14.2. The van der Waals surface area contributed by atoms with Gasteiger partial charge in [-0.2, -0.15) is 0 Å². The SMILES string of the molecule is C=CC(=O)N1CCC(c2c[nH]c3ncnc(Nc4ccc(OCc5ccc6cc[nH]c6n5)c(Cl)c4)c23)CC1. The van der Waals surface area contributed by atoms with Crippen molar-refractivity contribution in [2.75, 3.05) is 18.4 Å². The Hall–Kier alpha value is -4.37. The van der Waals surface area contributed by atoms with Gasteiger partial charge in [-0.05, 0) is 66.8 Å². The number of likely N-dealkylation sites (tertiary alicyclic amines) is 1. The third kappa shape index (κ3) is 4.68. The summed E-state index contributed by atoms with van der Waals surface area (Å²) in [7, 11) is 0. The number of aromatic nitrogens is 5. The van der Waals surface area contributed by atoms with Crippen molar-refractivity contribution in [2.24, 2.45) is 0 Å². The Morgan fingerprint density at radius 3 is 2.84 bits per heavy atom. The van der Waals surface area contributed by atoms with Gasteiger partial charge in [-0.1, -0.05) is 18.2 Å². The molecule has 192 valence electrons. The molecule has 10 heteroatoms. The van der Waals surface area contributed by atoms with Gasteiger partial charge in [0.05, 0.1) is 16.1 Å². The predicted octanol–water partition coefficient (Wildman–Crippen LogP) is 5.70. The zero-order chi connectivity index (χ0) is 26.1. The van der Waals surface area contributed by atoms with Crippen LogP contribution in [0.5, 0.6) is 5.75 Å². The highest BCUT2D eigenvalue weighted by atomic mass is 35.5. The van der Waals surface area contributed by atoms with Crippen LogP contribution in [0.1, 0.15) is 30.0 Å². The highest BCUT2D eigenvalue weighted by Crippen LogP contribution is 2.37. The van der Waals surface area contributed by atoms with E-state index in [-0.39, 0.29) is 5.91 Å². The topological polar surface area (TPSA) is 112 Å². The quantitative estimate of drug-likeness (QED) is 0.234.